The van der Waals surface area contributed by atoms with E-state index >= 15 is 0 Å². The van der Waals surface area contributed by atoms with Gasteiger partial charge in [-0.1, -0.05) is 30.3 Å². The molecule has 1 aliphatic heterocycles. The van der Waals surface area contributed by atoms with Crippen LogP contribution in [0.25, 0.3) is 10.8 Å². The second kappa shape index (κ2) is 2.67. The van der Waals surface area contributed by atoms with Crippen molar-refractivity contribution < 1.29 is 9.90 Å². The van der Waals surface area contributed by atoms with E-state index in [0.717, 1.165) is 22.0 Å². The Bertz CT molecular complexity index is 609. The van der Waals surface area contributed by atoms with E-state index in [1.165, 1.54) is 0 Å². The van der Waals surface area contributed by atoms with Gasteiger partial charge in [0.25, 0.3) is 0 Å². The number of aliphatic carboxylic acids is 1. The summed E-state index contributed by atoms with van der Waals surface area (Å²) in [7, 11) is 0. The number of nitrogens with zero attached hydrogens (tertiary/aromatic N) is 1. The molecule has 1 aliphatic rings. The smallest absolute Gasteiger partial charge is 0.355 e. The number of rotatable bonds is 1. The van der Waals surface area contributed by atoms with Crippen LogP contribution in [0.1, 0.15) is 5.56 Å². The monoisotopic (exact) mass is 197 g/mol. The molecular weight excluding hydrogens is 190 g/mol. The van der Waals surface area contributed by atoms with Gasteiger partial charge < -0.3 is 5.11 Å². The standard InChI is InChI=1S/C12H7NO2/c14-12(15)11-8-5-1-3-7-4-2-6-9(13-11)10(7)8/h1-6H,(H,14,15). The molecule has 0 atom stereocenters. The molecule has 15 heavy (non-hydrogen) atoms. The fraction of sp³-hybridized carbons (Fsp3) is 0. The topological polar surface area (TPSA) is 49.7 Å². The van der Waals surface area contributed by atoms with E-state index in [1.807, 2.05) is 30.3 Å². The van der Waals surface area contributed by atoms with Crippen LogP contribution in [0.2, 0.25) is 0 Å². The summed E-state index contributed by atoms with van der Waals surface area (Å²) in [5, 5.41) is 11.0. The van der Waals surface area contributed by atoms with Crippen LogP contribution in [-0.4, -0.2) is 16.8 Å². The van der Waals surface area contributed by atoms with E-state index < -0.39 is 5.97 Å². The third-order valence-electron chi connectivity index (χ3n) is 2.57. The first-order valence-electron chi connectivity index (χ1n) is 4.61. The van der Waals surface area contributed by atoms with E-state index in [0.29, 0.717) is 0 Å². The maximum Gasteiger partial charge on any atom is 0.355 e. The van der Waals surface area contributed by atoms with Crippen LogP contribution in [-0.2, 0) is 4.79 Å². The summed E-state index contributed by atoms with van der Waals surface area (Å²) in [5.74, 6) is -0.973. The molecule has 1 N–H and O–H groups in total. The molecular formula is C12H7NO2. The van der Waals surface area contributed by atoms with E-state index in [1.54, 1.807) is 6.07 Å². The maximum atomic E-state index is 11.0. The van der Waals surface area contributed by atoms with Crippen molar-refractivity contribution in [3.05, 3.63) is 42.0 Å². The van der Waals surface area contributed by atoms with Gasteiger partial charge in [-0.15, -0.1) is 0 Å². The number of aliphatic imine (C=N–C) groups is 1. The highest BCUT2D eigenvalue weighted by atomic mass is 16.4. The lowest BCUT2D eigenvalue weighted by Crippen LogP contribution is -2.11. The molecule has 0 saturated heterocycles. The number of hydrogen-bond donors (Lipinski definition) is 1. The van der Waals surface area contributed by atoms with Crippen LogP contribution < -0.4 is 0 Å². The summed E-state index contributed by atoms with van der Waals surface area (Å²) in [5.41, 5.74) is 1.61. The molecule has 3 heteroatoms. The van der Waals surface area contributed by atoms with Crippen LogP contribution in [0.3, 0.4) is 0 Å². The second-order valence-electron chi connectivity index (χ2n) is 3.45. The van der Waals surface area contributed by atoms with Crippen LogP contribution in [0, 0.1) is 0 Å². The molecule has 0 saturated carbocycles. The minimum atomic E-state index is -0.973. The summed E-state index contributed by atoms with van der Waals surface area (Å²) >= 11 is 0. The molecule has 3 rings (SSSR count). The van der Waals surface area contributed by atoms with Gasteiger partial charge in [0.05, 0.1) is 5.69 Å². The Morgan fingerprint density at radius 2 is 1.87 bits per heavy atom. The lowest BCUT2D eigenvalue weighted by molar-refractivity contribution is -0.129. The zero-order chi connectivity index (χ0) is 10.4. The van der Waals surface area contributed by atoms with Crippen LogP contribution in [0.4, 0.5) is 5.69 Å². The lowest BCUT2D eigenvalue weighted by Gasteiger charge is -1.99. The predicted molar refractivity (Wildman–Crippen MR) is 57.8 cm³/mol. The lowest BCUT2D eigenvalue weighted by atomic mass is 10.0. The van der Waals surface area contributed by atoms with Gasteiger partial charge in [0.1, 0.15) is 0 Å². The molecule has 2 aromatic rings. The average Bonchev–Trinajstić information content (AvgIpc) is 2.61. The molecule has 72 valence electrons. The maximum absolute atomic E-state index is 11.0. The van der Waals surface area contributed by atoms with E-state index in [9.17, 15) is 4.79 Å². The van der Waals surface area contributed by atoms with Gasteiger partial charge in [-0.25, -0.2) is 9.79 Å². The third kappa shape index (κ3) is 1.00. The summed E-state index contributed by atoms with van der Waals surface area (Å²) in [4.78, 5) is 15.1. The van der Waals surface area contributed by atoms with Gasteiger partial charge in [-0.3, -0.25) is 0 Å². The fourth-order valence-electron chi connectivity index (χ4n) is 1.96. The predicted octanol–water partition coefficient (Wildman–Crippen LogP) is 2.36. The Labute approximate surface area is 85.7 Å². The minimum absolute atomic E-state index is 0.141. The zero-order valence-corrected chi connectivity index (χ0v) is 7.77. The van der Waals surface area contributed by atoms with E-state index in [-0.39, 0.29) is 5.71 Å². The van der Waals surface area contributed by atoms with Crippen molar-refractivity contribution in [3.63, 3.8) is 0 Å². The number of carbonyl (C=O) groups is 1. The second-order valence-corrected chi connectivity index (χ2v) is 3.45. The summed E-state index contributed by atoms with van der Waals surface area (Å²) in [6.07, 6.45) is 0. The quantitative estimate of drug-likeness (QED) is 0.762. The van der Waals surface area contributed by atoms with Gasteiger partial charge in [0.2, 0.25) is 0 Å². The largest absolute Gasteiger partial charge is 0.476 e. The minimum Gasteiger partial charge on any atom is -0.476 e. The highest BCUT2D eigenvalue weighted by Gasteiger charge is 2.22. The Morgan fingerprint density at radius 3 is 2.60 bits per heavy atom. The van der Waals surface area contributed by atoms with Crippen LogP contribution >= 0.6 is 0 Å². The molecule has 0 fully saturated rings. The Hall–Kier alpha value is -2.16. The Balaban J connectivity index is 2.45. The first-order valence-corrected chi connectivity index (χ1v) is 4.61. The van der Waals surface area contributed by atoms with Crippen LogP contribution in [0.5, 0.6) is 0 Å². The van der Waals surface area contributed by atoms with Crippen molar-refractivity contribution in [3.8, 4) is 0 Å². The van der Waals surface area contributed by atoms with Crippen LogP contribution in [0.15, 0.2) is 41.4 Å². The molecule has 0 unspecified atom stereocenters. The average molecular weight is 197 g/mol. The molecule has 0 radical (unpaired) electrons. The molecule has 0 amide bonds. The third-order valence-corrected chi connectivity index (χ3v) is 2.57. The molecule has 1 heterocycles. The normalized spacial score (nSPS) is 12.9. The number of carboxylic acids is 1. The molecule has 0 spiro atoms. The van der Waals surface area contributed by atoms with Crippen molar-refractivity contribution in [1.82, 2.24) is 0 Å². The highest BCUT2D eigenvalue weighted by molar-refractivity contribution is 6.47. The van der Waals surface area contributed by atoms with Gasteiger partial charge in [0, 0.05) is 10.9 Å². The SMILES string of the molecule is O=C(O)C1=Nc2cccc3cccc1c23. The molecule has 0 bridgehead atoms. The van der Waals surface area contributed by atoms with Gasteiger partial charge in [0.15, 0.2) is 5.71 Å². The number of hydrogen-bond acceptors (Lipinski definition) is 2. The Morgan fingerprint density at radius 1 is 1.13 bits per heavy atom. The van der Waals surface area contributed by atoms with Gasteiger partial charge >= 0.3 is 5.97 Å². The Kier molecular flexibility index (Phi) is 1.45. The first kappa shape index (κ1) is 8.17. The summed E-state index contributed by atoms with van der Waals surface area (Å²) in [6.45, 7) is 0. The van der Waals surface area contributed by atoms with Gasteiger partial charge in [-0.05, 0) is 11.5 Å². The summed E-state index contributed by atoms with van der Waals surface area (Å²) in [6, 6.07) is 11.3. The fourth-order valence-corrected chi connectivity index (χ4v) is 1.96. The molecule has 3 nitrogen and oxygen atoms in total. The van der Waals surface area contributed by atoms with E-state index in [4.69, 9.17) is 5.11 Å². The van der Waals surface area contributed by atoms with E-state index in [2.05, 4.69) is 4.99 Å². The van der Waals surface area contributed by atoms with Crippen molar-refractivity contribution in [1.29, 1.82) is 0 Å². The first-order chi connectivity index (χ1) is 7.27. The molecule has 2 aromatic carbocycles. The highest BCUT2D eigenvalue weighted by Crippen LogP contribution is 2.35. The summed E-state index contributed by atoms with van der Waals surface area (Å²) < 4.78 is 0. The number of carboxylic acid groups (broad SMARTS) is 1. The molecule has 0 aromatic heterocycles. The van der Waals surface area contributed by atoms with Crippen molar-refractivity contribution in [2.24, 2.45) is 4.99 Å². The van der Waals surface area contributed by atoms with Gasteiger partial charge in [-0.2, -0.15) is 0 Å². The van der Waals surface area contributed by atoms with Crippen molar-refractivity contribution in [2.45, 2.75) is 0 Å². The van der Waals surface area contributed by atoms with Crippen molar-refractivity contribution >= 4 is 28.1 Å². The van der Waals surface area contributed by atoms with Crippen molar-refractivity contribution in [2.75, 3.05) is 0 Å². The zero-order valence-electron chi connectivity index (χ0n) is 7.77. The number of benzene rings is 2. The molecule has 0 aliphatic carbocycles.